The van der Waals surface area contributed by atoms with E-state index in [1.165, 1.54) is 53.0 Å². The van der Waals surface area contributed by atoms with Gasteiger partial charge in [0.05, 0.1) is 10.4 Å². The van der Waals surface area contributed by atoms with Gasteiger partial charge in [-0.25, -0.2) is 4.98 Å². The van der Waals surface area contributed by atoms with Gasteiger partial charge in [-0.1, -0.05) is 30.0 Å². The molecule has 1 saturated heterocycles. The van der Waals surface area contributed by atoms with Crippen molar-refractivity contribution in [3.05, 3.63) is 41.0 Å². The fourth-order valence-corrected chi connectivity index (χ4v) is 5.88. The second kappa shape index (κ2) is 8.89. The smallest absolute Gasteiger partial charge is 0.316 e. The van der Waals surface area contributed by atoms with Gasteiger partial charge in [0.1, 0.15) is 4.83 Å². The van der Waals surface area contributed by atoms with Gasteiger partial charge in [0.2, 0.25) is 5.13 Å². The fourth-order valence-electron chi connectivity index (χ4n) is 3.37. The minimum atomic E-state index is -0.342. The summed E-state index contributed by atoms with van der Waals surface area (Å²) in [5.74, 6) is 0.714. The Hall–Kier alpha value is -2.56. The lowest BCUT2D eigenvalue weighted by Crippen LogP contribution is -2.17. The molecule has 5 rings (SSSR count). The zero-order valence-corrected chi connectivity index (χ0v) is 19.2. The molecular weight excluding hydrogens is 450 g/mol. The molecule has 2 aliphatic heterocycles. The van der Waals surface area contributed by atoms with Crippen LogP contribution in [0.4, 0.5) is 16.5 Å². The summed E-state index contributed by atoms with van der Waals surface area (Å²) in [6.45, 7) is 4.24. The number of thiazole rings is 1. The molecule has 3 aromatic rings. The number of hydrogen-bond acceptors (Lipinski definition) is 9. The first-order chi connectivity index (χ1) is 15.2. The first-order valence-electron chi connectivity index (χ1n) is 10.0. The van der Waals surface area contributed by atoms with Crippen molar-refractivity contribution < 1.29 is 9.53 Å². The number of nitrogens with zero attached hydrogens (tertiary/aromatic N) is 5. The molecule has 10 heteroatoms. The molecule has 4 heterocycles. The molecule has 0 bridgehead atoms. The standard InChI is InChI=1S/C21H19N5O2S3/c1-2-29-21-22-18(27)16(28-21)11-15-12-17-19(30-15)23-20(31-17)25-24-13-5-7-14(8-6-13)26-9-3-4-10-26/h5-8,11-12H,2-4,9-10H2,1H3/b16-11+,25-24?. The van der Waals surface area contributed by atoms with Crippen LogP contribution in [0, 0.1) is 0 Å². The van der Waals surface area contributed by atoms with Crippen LogP contribution in [0.15, 0.2) is 51.3 Å². The van der Waals surface area contributed by atoms with Gasteiger partial charge in [-0.3, -0.25) is 4.79 Å². The van der Waals surface area contributed by atoms with Crippen LogP contribution in [0.3, 0.4) is 0 Å². The van der Waals surface area contributed by atoms with Gasteiger partial charge in [-0.15, -0.1) is 21.6 Å². The molecule has 2 aromatic heterocycles. The molecule has 0 unspecified atom stereocenters. The molecule has 1 aromatic carbocycles. The molecule has 7 nitrogen and oxygen atoms in total. The number of fused-ring (bicyclic) bond motifs is 1. The van der Waals surface area contributed by atoms with E-state index in [9.17, 15) is 4.79 Å². The molecule has 0 aliphatic carbocycles. The predicted octanol–water partition coefficient (Wildman–Crippen LogP) is 6.38. The fraction of sp³-hybridized carbons (Fsp3) is 0.286. The summed E-state index contributed by atoms with van der Waals surface area (Å²) >= 11 is 4.37. The second-order valence-corrected chi connectivity index (χ2v) is 10.2. The number of carbonyl (C=O) groups excluding carboxylic acids is 1. The summed E-state index contributed by atoms with van der Waals surface area (Å²) in [5, 5.41) is 9.65. The number of aromatic nitrogens is 1. The normalized spacial score (nSPS) is 18.0. The van der Waals surface area contributed by atoms with Crippen LogP contribution in [-0.2, 0) is 9.53 Å². The Labute approximate surface area is 191 Å². The Balaban J connectivity index is 1.26. The first kappa shape index (κ1) is 20.3. The number of thioether (sulfide) groups is 1. The second-order valence-electron chi connectivity index (χ2n) is 6.95. The van der Waals surface area contributed by atoms with Crippen molar-refractivity contribution in [2.24, 2.45) is 15.2 Å². The molecule has 0 saturated carbocycles. The molecule has 0 spiro atoms. The third-order valence-corrected chi connectivity index (χ3v) is 7.51. The van der Waals surface area contributed by atoms with Gasteiger partial charge in [-0.05, 0) is 48.9 Å². The van der Waals surface area contributed by atoms with Gasteiger partial charge in [0.15, 0.2) is 5.76 Å². The van der Waals surface area contributed by atoms with Crippen LogP contribution in [-0.4, -0.2) is 35.0 Å². The van der Waals surface area contributed by atoms with E-state index in [-0.39, 0.29) is 11.7 Å². The maximum Gasteiger partial charge on any atom is 0.316 e. The Bertz CT molecular complexity index is 1170. The topological polar surface area (TPSA) is 79.5 Å². The summed E-state index contributed by atoms with van der Waals surface area (Å²) in [6, 6.07) is 10.2. The van der Waals surface area contributed by atoms with Crippen molar-refractivity contribution in [2.45, 2.75) is 19.8 Å². The van der Waals surface area contributed by atoms with Gasteiger partial charge >= 0.3 is 5.91 Å². The summed E-state index contributed by atoms with van der Waals surface area (Å²) < 4.78 is 6.52. The lowest BCUT2D eigenvalue weighted by molar-refractivity contribution is -0.115. The van der Waals surface area contributed by atoms with Crippen LogP contribution >= 0.6 is 34.4 Å². The Kier molecular flexibility index (Phi) is 5.84. The van der Waals surface area contributed by atoms with Crippen molar-refractivity contribution in [1.82, 2.24) is 4.98 Å². The van der Waals surface area contributed by atoms with E-state index in [2.05, 4.69) is 37.2 Å². The average Bonchev–Trinajstić information content (AvgIpc) is 3.53. The van der Waals surface area contributed by atoms with Gasteiger partial charge in [0, 0.05) is 29.7 Å². The van der Waals surface area contributed by atoms with E-state index < -0.39 is 0 Å². The third kappa shape index (κ3) is 4.56. The van der Waals surface area contributed by atoms with Crippen LogP contribution in [0.1, 0.15) is 24.6 Å². The molecule has 0 N–H and O–H groups in total. The number of amides is 1. The quantitative estimate of drug-likeness (QED) is 0.320. The maximum atomic E-state index is 12.0. The van der Waals surface area contributed by atoms with Crippen LogP contribution in [0.25, 0.3) is 15.6 Å². The maximum absolute atomic E-state index is 12.0. The lowest BCUT2D eigenvalue weighted by Gasteiger charge is -2.17. The number of ether oxygens (including phenoxy) is 1. The van der Waals surface area contributed by atoms with Crippen molar-refractivity contribution >= 4 is 77.7 Å². The number of rotatable bonds is 5. The molecule has 0 atom stereocenters. The highest BCUT2D eigenvalue weighted by Crippen LogP contribution is 2.36. The molecular formula is C21H19N5O2S3. The summed E-state index contributed by atoms with van der Waals surface area (Å²) in [7, 11) is 0. The molecule has 0 radical (unpaired) electrons. The minimum absolute atomic E-state index is 0.252. The number of hydrogen-bond donors (Lipinski definition) is 0. The monoisotopic (exact) mass is 469 g/mol. The highest BCUT2D eigenvalue weighted by molar-refractivity contribution is 8.13. The molecule has 1 amide bonds. The van der Waals surface area contributed by atoms with Gasteiger partial charge in [-0.2, -0.15) is 4.99 Å². The summed E-state index contributed by atoms with van der Waals surface area (Å²) in [6.07, 6.45) is 4.24. The number of thiophene rings is 1. The zero-order chi connectivity index (χ0) is 21.2. The first-order valence-corrected chi connectivity index (χ1v) is 12.6. The van der Waals surface area contributed by atoms with E-state index in [0.29, 0.717) is 10.4 Å². The van der Waals surface area contributed by atoms with Gasteiger partial charge < -0.3 is 9.64 Å². The van der Waals surface area contributed by atoms with E-state index in [0.717, 1.165) is 38.9 Å². The summed E-state index contributed by atoms with van der Waals surface area (Å²) in [4.78, 5) is 24.6. The minimum Gasteiger partial charge on any atom is -0.428 e. The third-order valence-electron chi connectivity index (χ3n) is 4.81. The lowest BCUT2D eigenvalue weighted by atomic mass is 10.2. The zero-order valence-electron chi connectivity index (χ0n) is 16.8. The van der Waals surface area contributed by atoms with Gasteiger partial charge in [0.25, 0.3) is 5.23 Å². The highest BCUT2D eigenvalue weighted by Gasteiger charge is 2.23. The highest BCUT2D eigenvalue weighted by atomic mass is 32.2. The molecule has 31 heavy (non-hydrogen) atoms. The average molecular weight is 470 g/mol. The van der Waals surface area contributed by atoms with E-state index in [4.69, 9.17) is 4.74 Å². The Morgan fingerprint density at radius 3 is 2.74 bits per heavy atom. The Morgan fingerprint density at radius 2 is 2.00 bits per heavy atom. The van der Waals surface area contributed by atoms with Crippen molar-refractivity contribution in [2.75, 3.05) is 23.7 Å². The van der Waals surface area contributed by atoms with E-state index >= 15 is 0 Å². The van der Waals surface area contributed by atoms with Crippen molar-refractivity contribution in [3.63, 3.8) is 0 Å². The van der Waals surface area contributed by atoms with Crippen LogP contribution in [0.2, 0.25) is 0 Å². The van der Waals surface area contributed by atoms with Crippen LogP contribution < -0.4 is 4.90 Å². The molecule has 2 aliphatic rings. The Morgan fingerprint density at radius 1 is 1.19 bits per heavy atom. The van der Waals surface area contributed by atoms with E-state index in [1.807, 2.05) is 25.1 Å². The van der Waals surface area contributed by atoms with Crippen LogP contribution in [0.5, 0.6) is 0 Å². The largest absolute Gasteiger partial charge is 0.428 e. The molecule has 158 valence electrons. The predicted molar refractivity (Wildman–Crippen MR) is 129 cm³/mol. The molecule has 1 fully saturated rings. The number of benzene rings is 1. The number of anilines is 1. The number of azo groups is 1. The van der Waals surface area contributed by atoms with Crippen molar-refractivity contribution in [3.8, 4) is 0 Å². The van der Waals surface area contributed by atoms with Crippen molar-refractivity contribution in [1.29, 1.82) is 0 Å². The number of carbonyl (C=O) groups is 1. The van der Waals surface area contributed by atoms with E-state index in [1.54, 1.807) is 6.08 Å². The summed E-state index contributed by atoms with van der Waals surface area (Å²) in [5.41, 5.74) is 2.05. The number of aliphatic imine (C=N–C) groups is 1. The SMILES string of the molecule is CCSC1=NC(=O)/C(=C\c2cc3sc(N=Nc4ccc(N5CCCC5)cc4)nc3s2)O1.